The number of aromatic nitrogens is 4. The van der Waals surface area contributed by atoms with Gasteiger partial charge in [0.25, 0.3) is 0 Å². The molecule has 9 heteroatoms. The van der Waals surface area contributed by atoms with Crippen molar-refractivity contribution in [2.24, 2.45) is 11.8 Å². The third kappa shape index (κ3) is 4.44. The van der Waals surface area contributed by atoms with Crippen LogP contribution in [-0.4, -0.2) is 69.1 Å². The Kier molecular flexibility index (Phi) is 6.49. The van der Waals surface area contributed by atoms with Gasteiger partial charge in [0.2, 0.25) is 0 Å². The summed E-state index contributed by atoms with van der Waals surface area (Å²) >= 11 is 12.6. The lowest BCUT2D eigenvalue weighted by molar-refractivity contribution is 0.101. The molecule has 0 amide bonds. The van der Waals surface area contributed by atoms with Crippen LogP contribution in [0.15, 0.2) is 24.4 Å². The van der Waals surface area contributed by atoms with Crippen molar-refractivity contribution >= 4 is 40.2 Å². The lowest BCUT2D eigenvalue weighted by Crippen LogP contribution is -2.54. The standard InChI is InChI=1S/C24H30Cl2N6O/c1-15-23-24(32(29-15)16(2)20-6-5-19(25)10-21(20)26)28-22(11-27-23)31-13-18(14-31)17-4-3-7-30(12-17)8-9-33/h5-6,10-11,16-18,33H,3-4,7-9,12-14H2,1-2H3. The molecular weight excluding hydrogens is 459 g/mol. The van der Waals surface area contributed by atoms with Crippen molar-refractivity contribution in [2.75, 3.05) is 44.2 Å². The highest BCUT2D eigenvalue weighted by molar-refractivity contribution is 6.35. The molecule has 2 saturated heterocycles. The van der Waals surface area contributed by atoms with Crippen molar-refractivity contribution in [1.82, 2.24) is 24.6 Å². The van der Waals surface area contributed by atoms with Gasteiger partial charge in [0.15, 0.2) is 5.65 Å². The van der Waals surface area contributed by atoms with E-state index >= 15 is 0 Å². The molecule has 0 saturated carbocycles. The first-order valence-corrected chi connectivity index (χ1v) is 12.4. The van der Waals surface area contributed by atoms with E-state index in [2.05, 4.69) is 16.7 Å². The average Bonchev–Trinajstić information content (AvgIpc) is 3.09. The van der Waals surface area contributed by atoms with Gasteiger partial charge < -0.3 is 14.9 Å². The summed E-state index contributed by atoms with van der Waals surface area (Å²) in [6, 6.07) is 5.46. The van der Waals surface area contributed by atoms with Gasteiger partial charge in [0.1, 0.15) is 11.3 Å². The Morgan fingerprint density at radius 1 is 1.18 bits per heavy atom. The molecule has 4 heterocycles. The quantitative estimate of drug-likeness (QED) is 0.560. The van der Waals surface area contributed by atoms with Gasteiger partial charge in [-0.05, 0) is 62.8 Å². The van der Waals surface area contributed by atoms with Crippen LogP contribution >= 0.6 is 23.2 Å². The lowest BCUT2D eigenvalue weighted by Gasteiger charge is -2.47. The predicted molar refractivity (Wildman–Crippen MR) is 132 cm³/mol. The molecule has 176 valence electrons. The molecule has 2 aliphatic rings. The second kappa shape index (κ2) is 9.37. The van der Waals surface area contributed by atoms with Crippen molar-refractivity contribution in [3.05, 3.63) is 45.7 Å². The number of aliphatic hydroxyl groups excluding tert-OH is 1. The van der Waals surface area contributed by atoms with Gasteiger partial charge in [0.05, 0.1) is 24.5 Å². The van der Waals surface area contributed by atoms with Gasteiger partial charge in [-0.25, -0.2) is 14.6 Å². The SMILES string of the molecule is Cc1nn(C(C)c2ccc(Cl)cc2Cl)c2nc(N3CC(C4CCCN(CCO)C4)C3)cnc12. The maximum absolute atomic E-state index is 9.27. The molecule has 2 atom stereocenters. The summed E-state index contributed by atoms with van der Waals surface area (Å²) in [7, 11) is 0. The van der Waals surface area contributed by atoms with Gasteiger partial charge in [-0.15, -0.1) is 0 Å². The minimum absolute atomic E-state index is 0.0978. The normalized spacial score (nSPS) is 20.9. The van der Waals surface area contributed by atoms with Gasteiger partial charge in [-0.2, -0.15) is 5.10 Å². The number of hydrogen-bond acceptors (Lipinski definition) is 6. The molecule has 2 aromatic heterocycles. The Balaban J connectivity index is 1.35. The van der Waals surface area contributed by atoms with Crippen molar-refractivity contribution in [3.63, 3.8) is 0 Å². The first kappa shape index (κ1) is 22.8. The minimum Gasteiger partial charge on any atom is -0.395 e. The second-order valence-corrected chi connectivity index (χ2v) is 10.2. The van der Waals surface area contributed by atoms with E-state index in [0.717, 1.165) is 61.0 Å². The summed E-state index contributed by atoms with van der Waals surface area (Å²) in [5, 5.41) is 15.2. The number of fused-ring (bicyclic) bond motifs is 1. The number of nitrogens with zero attached hydrogens (tertiary/aromatic N) is 6. The van der Waals surface area contributed by atoms with E-state index in [1.54, 1.807) is 6.07 Å². The van der Waals surface area contributed by atoms with Crippen LogP contribution in [0.4, 0.5) is 5.82 Å². The number of benzene rings is 1. The number of aryl methyl sites for hydroxylation is 1. The van der Waals surface area contributed by atoms with Crippen LogP contribution in [0.2, 0.25) is 10.0 Å². The monoisotopic (exact) mass is 488 g/mol. The number of β-amino-alcohol motifs (C(OH)–C–C–N with tert-alkyl or cyclic N) is 1. The number of halogens is 2. The number of aliphatic hydroxyl groups is 1. The molecule has 3 aromatic rings. The molecule has 0 radical (unpaired) electrons. The Hall–Kier alpha value is -1.93. The second-order valence-electron chi connectivity index (χ2n) is 9.36. The molecule has 0 bridgehead atoms. The smallest absolute Gasteiger partial charge is 0.179 e. The van der Waals surface area contributed by atoms with Crippen LogP contribution < -0.4 is 4.90 Å². The fourth-order valence-corrected chi connectivity index (χ4v) is 5.82. The molecule has 33 heavy (non-hydrogen) atoms. The predicted octanol–water partition coefficient (Wildman–Crippen LogP) is 4.19. The van der Waals surface area contributed by atoms with Crippen molar-refractivity contribution in [2.45, 2.75) is 32.7 Å². The highest BCUT2D eigenvalue weighted by Crippen LogP contribution is 2.35. The van der Waals surface area contributed by atoms with E-state index in [0.29, 0.717) is 21.9 Å². The van der Waals surface area contributed by atoms with E-state index in [1.807, 2.05) is 29.9 Å². The van der Waals surface area contributed by atoms with Crippen LogP contribution in [0.25, 0.3) is 11.2 Å². The first-order valence-electron chi connectivity index (χ1n) is 11.7. The highest BCUT2D eigenvalue weighted by Gasteiger charge is 2.36. The number of hydrogen-bond donors (Lipinski definition) is 1. The molecule has 0 spiro atoms. The van der Waals surface area contributed by atoms with Crippen LogP contribution in [0.1, 0.15) is 37.1 Å². The molecule has 2 unspecified atom stereocenters. The Labute approximate surface area is 204 Å². The van der Waals surface area contributed by atoms with E-state index in [4.69, 9.17) is 38.3 Å². The maximum Gasteiger partial charge on any atom is 0.179 e. The van der Waals surface area contributed by atoms with Crippen molar-refractivity contribution in [3.8, 4) is 0 Å². The summed E-state index contributed by atoms with van der Waals surface area (Å²) in [6.45, 7) is 9.26. The Morgan fingerprint density at radius 2 is 2.00 bits per heavy atom. The van der Waals surface area contributed by atoms with Crippen molar-refractivity contribution in [1.29, 1.82) is 0 Å². The van der Waals surface area contributed by atoms with E-state index in [9.17, 15) is 5.11 Å². The third-order valence-corrected chi connectivity index (χ3v) is 7.76. The Morgan fingerprint density at radius 3 is 2.76 bits per heavy atom. The van der Waals surface area contributed by atoms with Crippen molar-refractivity contribution < 1.29 is 5.11 Å². The van der Waals surface area contributed by atoms with E-state index < -0.39 is 0 Å². The minimum atomic E-state index is -0.0978. The van der Waals surface area contributed by atoms with Gasteiger partial charge in [0, 0.05) is 36.2 Å². The van der Waals surface area contributed by atoms with Crippen LogP contribution in [0.3, 0.4) is 0 Å². The average molecular weight is 489 g/mol. The molecule has 1 N–H and O–H groups in total. The summed E-state index contributed by atoms with van der Waals surface area (Å²) in [5.41, 5.74) is 3.40. The van der Waals surface area contributed by atoms with Crippen LogP contribution in [0.5, 0.6) is 0 Å². The molecule has 5 rings (SSSR count). The fraction of sp³-hybridized carbons (Fsp3) is 0.542. The summed E-state index contributed by atoms with van der Waals surface area (Å²) in [5.74, 6) is 2.26. The van der Waals surface area contributed by atoms with Gasteiger partial charge in [-0.3, -0.25) is 0 Å². The third-order valence-electron chi connectivity index (χ3n) is 7.20. The molecule has 1 aromatic carbocycles. The first-order chi connectivity index (χ1) is 15.9. The molecular formula is C24H30Cl2N6O. The maximum atomic E-state index is 9.27. The lowest BCUT2D eigenvalue weighted by atomic mass is 9.80. The summed E-state index contributed by atoms with van der Waals surface area (Å²) in [4.78, 5) is 14.4. The zero-order valence-corrected chi connectivity index (χ0v) is 20.6. The Bertz CT molecular complexity index is 1140. The highest BCUT2D eigenvalue weighted by atomic mass is 35.5. The van der Waals surface area contributed by atoms with Crippen LogP contribution in [0, 0.1) is 18.8 Å². The van der Waals surface area contributed by atoms with Gasteiger partial charge in [-0.1, -0.05) is 29.3 Å². The number of anilines is 1. The largest absolute Gasteiger partial charge is 0.395 e. The summed E-state index contributed by atoms with van der Waals surface area (Å²) in [6.07, 6.45) is 4.36. The van der Waals surface area contributed by atoms with Gasteiger partial charge >= 0.3 is 0 Å². The summed E-state index contributed by atoms with van der Waals surface area (Å²) < 4.78 is 1.92. The topological polar surface area (TPSA) is 70.3 Å². The van der Waals surface area contributed by atoms with E-state index in [1.165, 1.54) is 12.8 Å². The fourth-order valence-electron chi connectivity index (χ4n) is 5.25. The number of likely N-dealkylation sites (tertiary alicyclic amines) is 1. The zero-order chi connectivity index (χ0) is 23.1. The number of piperidine rings is 1. The number of rotatable bonds is 6. The van der Waals surface area contributed by atoms with Crippen LogP contribution in [-0.2, 0) is 0 Å². The zero-order valence-electron chi connectivity index (χ0n) is 19.1. The molecule has 0 aliphatic carbocycles. The molecule has 7 nitrogen and oxygen atoms in total. The molecule has 2 fully saturated rings. The van der Waals surface area contributed by atoms with E-state index in [-0.39, 0.29) is 12.6 Å². The molecule has 2 aliphatic heterocycles.